The molecule has 3 atom stereocenters. The summed E-state index contributed by atoms with van der Waals surface area (Å²) in [6, 6.07) is 9.97. The van der Waals surface area contributed by atoms with Crippen LogP contribution < -0.4 is 14.8 Å². The number of nitrogens with one attached hydrogen (secondary N) is 1. The maximum atomic E-state index is 12.7. The first-order valence-electron chi connectivity index (χ1n) is 10.9. The van der Waals surface area contributed by atoms with E-state index >= 15 is 0 Å². The average molecular weight is 443 g/mol. The quantitative estimate of drug-likeness (QED) is 0.573. The molecule has 1 aromatic carbocycles. The fraction of sp³-hybridized carbons (Fsp3) is 0.458. The van der Waals surface area contributed by atoms with Crippen molar-refractivity contribution in [3.05, 3.63) is 48.3 Å². The summed E-state index contributed by atoms with van der Waals surface area (Å²) in [4.78, 5) is 29.1. The van der Waals surface area contributed by atoms with Crippen LogP contribution in [0, 0.1) is 5.92 Å². The van der Waals surface area contributed by atoms with Gasteiger partial charge in [0.05, 0.1) is 7.11 Å². The lowest BCUT2D eigenvalue weighted by molar-refractivity contribution is -0.156. The molecular formula is C24H30N2O6. The molecule has 1 heterocycles. The Balaban J connectivity index is 1.63. The smallest absolute Gasteiger partial charge is 0.328 e. The predicted molar refractivity (Wildman–Crippen MR) is 118 cm³/mol. The van der Waals surface area contributed by atoms with Crippen LogP contribution in [0.15, 0.2) is 42.6 Å². The number of aromatic hydroxyl groups is 1. The number of pyridine rings is 1. The number of ether oxygens (including phenoxy) is 3. The number of hydrogen-bond donors (Lipinski definition) is 2. The molecule has 1 saturated carbocycles. The molecule has 2 N–H and O–H groups in total. The Hall–Kier alpha value is -3.29. The standard InChI is InChI=1S/C24H30N2O6/c1-15(26-23(28)20-21(27)19(30-3)13-14-25-20)24(29)31-16(2)22(17-9-7-8-10-17)32-18-11-5-4-6-12-18/h4-6,11-17,22,27H,7-10H2,1-3H3,(H,26,28)/t15-,16-,22-/m0/s1. The number of amides is 1. The van der Waals surface area contributed by atoms with Crippen LogP contribution in [-0.2, 0) is 9.53 Å². The molecular weight excluding hydrogens is 412 g/mol. The van der Waals surface area contributed by atoms with Crippen molar-refractivity contribution in [3.8, 4) is 17.2 Å². The van der Waals surface area contributed by atoms with Crippen molar-refractivity contribution in [1.82, 2.24) is 10.3 Å². The summed E-state index contributed by atoms with van der Waals surface area (Å²) in [6.45, 7) is 3.33. The van der Waals surface area contributed by atoms with Crippen molar-refractivity contribution >= 4 is 11.9 Å². The van der Waals surface area contributed by atoms with Gasteiger partial charge in [-0.05, 0) is 44.7 Å². The van der Waals surface area contributed by atoms with E-state index in [0.29, 0.717) is 5.92 Å². The van der Waals surface area contributed by atoms with E-state index in [-0.39, 0.29) is 23.3 Å². The Bertz CT molecular complexity index is 914. The normalized spacial score (nSPS) is 16.6. The van der Waals surface area contributed by atoms with Gasteiger partial charge in [0.2, 0.25) is 0 Å². The monoisotopic (exact) mass is 442 g/mol. The number of carbonyl (C=O) groups is 2. The number of esters is 1. The first-order chi connectivity index (χ1) is 15.4. The fourth-order valence-electron chi connectivity index (χ4n) is 3.96. The van der Waals surface area contributed by atoms with E-state index in [4.69, 9.17) is 14.2 Å². The summed E-state index contributed by atoms with van der Waals surface area (Å²) in [5, 5.41) is 12.6. The van der Waals surface area contributed by atoms with Gasteiger partial charge >= 0.3 is 5.97 Å². The molecule has 1 aliphatic carbocycles. The van der Waals surface area contributed by atoms with Gasteiger partial charge in [0.25, 0.3) is 5.91 Å². The molecule has 0 bridgehead atoms. The molecule has 32 heavy (non-hydrogen) atoms. The highest BCUT2D eigenvalue weighted by molar-refractivity contribution is 5.97. The zero-order valence-electron chi connectivity index (χ0n) is 18.6. The van der Waals surface area contributed by atoms with Crippen LogP contribution in [0.1, 0.15) is 50.0 Å². The van der Waals surface area contributed by atoms with E-state index in [1.165, 1.54) is 26.3 Å². The number of carbonyl (C=O) groups excluding carboxylic acids is 2. The van der Waals surface area contributed by atoms with Crippen LogP contribution in [0.2, 0.25) is 0 Å². The minimum absolute atomic E-state index is 0.117. The molecule has 1 aromatic heterocycles. The molecule has 172 valence electrons. The lowest BCUT2D eigenvalue weighted by Gasteiger charge is -2.30. The Morgan fingerprint density at radius 3 is 2.47 bits per heavy atom. The molecule has 8 nitrogen and oxygen atoms in total. The first kappa shape index (κ1) is 23.4. The molecule has 1 fully saturated rings. The second-order valence-electron chi connectivity index (χ2n) is 7.99. The molecule has 0 aliphatic heterocycles. The Labute approximate surface area is 187 Å². The van der Waals surface area contributed by atoms with Crippen molar-refractivity contribution in [2.75, 3.05) is 7.11 Å². The van der Waals surface area contributed by atoms with Crippen LogP contribution in [0.5, 0.6) is 17.2 Å². The Morgan fingerprint density at radius 2 is 1.81 bits per heavy atom. The molecule has 0 spiro atoms. The fourth-order valence-corrected chi connectivity index (χ4v) is 3.96. The van der Waals surface area contributed by atoms with E-state index in [9.17, 15) is 14.7 Å². The number of methoxy groups -OCH3 is 1. The van der Waals surface area contributed by atoms with Crippen molar-refractivity contribution in [2.45, 2.75) is 57.8 Å². The zero-order valence-corrected chi connectivity index (χ0v) is 18.6. The summed E-state index contributed by atoms with van der Waals surface area (Å²) in [5.41, 5.74) is -0.228. The Morgan fingerprint density at radius 1 is 1.12 bits per heavy atom. The highest BCUT2D eigenvalue weighted by Crippen LogP contribution is 2.32. The minimum Gasteiger partial charge on any atom is -0.503 e. The van der Waals surface area contributed by atoms with E-state index in [2.05, 4.69) is 10.3 Å². The van der Waals surface area contributed by atoms with Crippen molar-refractivity contribution in [3.63, 3.8) is 0 Å². The zero-order chi connectivity index (χ0) is 23.1. The van der Waals surface area contributed by atoms with Crippen LogP contribution in [0.4, 0.5) is 0 Å². The van der Waals surface area contributed by atoms with Crippen LogP contribution >= 0.6 is 0 Å². The number of hydrogen-bond acceptors (Lipinski definition) is 7. The maximum Gasteiger partial charge on any atom is 0.328 e. The number of rotatable bonds is 9. The lowest BCUT2D eigenvalue weighted by atomic mass is 9.96. The summed E-state index contributed by atoms with van der Waals surface area (Å²) in [6.07, 6.45) is 4.85. The molecule has 0 saturated heterocycles. The van der Waals surface area contributed by atoms with Gasteiger partial charge in [-0.1, -0.05) is 31.0 Å². The highest BCUT2D eigenvalue weighted by Gasteiger charge is 2.34. The second kappa shape index (κ2) is 10.8. The van der Waals surface area contributed by atoms with Crippen LogP contribution in [0.3, 0.4) is 0 Å². The van der Waals surface area contributed by atoms with E-state index in [0.717, 1.165) is 31.4 Å². The lowest BCUT2D eigenvalue weighted by Crippen LogP contribution is -2.45. The molecule has 3 rings (SSSR count). The molecule has 2 aromatic rings. The predicted octanol–water partition coefficient (Wildman–Crippen LogP) is 3.48. The van der Waals surface area contributed by atoms with Crippen molar-refractivity contribution < 1.29 is 28.9 Å². The largest absolute Gasteiger partial charge is 0.503 e. The molecule has 8 heteroatoms. The first-order valence-corrected chi connectivity index (χ1v) is 10.9. The SMILES string of the molecule is COc1ccnc(C(=O)N[C@@H](C)C(=O)O[C@@H](C)[C@H](Oc2ccccc2)C2CCCC2)c1O. The number of nitrogens with zero attached hydrogens (tertiary/aromatic N) is 1. The average Bonchev–Trinajstić information content (AvgIpc) is 3.32. The van der Waals surface area contributed by atoms with Crippen LogP contribution in [-0.4, -0.2) is 47.3 Å². The number of aromatic nitrogens is 1. The second-order valence-corrected chi connectivity index (χ2v) is 7.99. The maximum absolute atomic E-state index is 12.7. The summed E-state index contributed by atoms with van der Waals surface area (Å²) in [5.74, 6) is -0.543. The van der Waals surface area contributed by atoms with Crippen molar-refractivity contribution in [2.24, 2.45) is 5.92 Å². The third-order valence-corrected chi connectivity index (χ3v) is 5.67. The summed E-state index contributed by atoms with van der Waals surface area (Å²) in [7, 11) is 1.37. The van der Waals surface area contributed by atoms with Gasteiger partial charge in [0.15, 0.2) is 17.2 Å². The summed E-state index contributed by atoms with van der Waals surface area (Å²) >= 11 is 0. The minimum atomic E-state index is -0.946. The van der Waals surface area contributed by atoms with E-state index in [1.807, 2.05) is 37.3 Å². The van der Waals surface area contributed by atoms with Gasteiger partial charge in [0, 0.05) is 12.3 Å². The third kappa shape index (κ3) is 5.69. The van der Waals surface area contributed by atoms with E-state index < -0.39 is 24.0 Å². The van der Waals surface area contributed by atoms with Crippen LogP contribution in [0.25, 0.3) is 0 Å². The topological polar surface area (TPSA) is 107 Å². The number of para-hydroxylation sites is 1. The van der Waals surface area contributed by atoms with Gasteiger partial charge in [-0.3, -0.25) is 4.79 Å². The summed E-state index contributed by atoms with van der Waals surface area (Å²) < 4.78 is 16.9. The van der Waals surface area contributed by atoms with Crippen molar-refractivity contribution in [1.29, 1.82) is 0 Å². The molecule has 0 radical (unpaired) electrons. The van der Waals surface area contributed by atoms with Gasteiger partial charge < -0.3 is 24.6 Å². The Kier molecular flexibility index (Phi) is 7.92. The third-order valence-electron chi connectivity index (χ3n) is 5.67. The van der Waals surface area contributed by atoms with Gasteiger partial charge in [-0.15, -0.1) is 0 Å². The molecule has 1 aliphatic rings. The van der Waals surface area contributed by atoms with Gasteiger partial charge in [-0.25, -0.2) is 9.78 Å². The highest BCUT2D eigenvalue weighted by atomic mass is 16.6. The molecule has 1 amide bonds. The van der Waals surface area contributed by atoms with Gasteiger partial charge in [0.1, 0.15) is 24.0 Å². The van der Waals surface area contributed by atoms with E-state index in [1.54, 1.807) is 0 Å². The number of benzene rings is 1. The van der Waals surface area contributed by atoms with Gasteiger partial charge in [-0.2, -0.15) is 0 Å². The molecule has 0 unspecified atom stereocenters.